The van der Waals surface area contributed by atoms with E-state index in [1.165, 1.54) is 13.2 Å². The quantitative estimate of drug-likeness (QED) is 0.409. The summed E-state index contributed by atoms with van der Waals surface area (Å²) in [6.45, 7) is 4.42. The van der Waals surface area contributed by atoms with Crippen molar-refractivity contribution in [3.8, 4) is 5.75 Å². The summed E-state index contributed by atoms with van der Waals surface area (Å²) in [4.78, 5) is 17.4. The fourth-order valence-corrected chi connectivity index (χ4v) is 5.62. The number of esters is 1. The monoisotopic (exact) mass is 492 g/mol. The van der Waals surface area contributed by atoms with Gasteiger partial charge < -0.3 is 14.4 Å². The number of halogens is 3. The predicted octanol–water partition coefficient (Wildman–Crippen LogP) is 5.47. The second kappa shape index (κ2) is 10.2. The van der Waals surface area contributed by atoms with Gasteiger partial charge in [-0.2, -0.15) is 13.2 Å². The summed E-state index contributed by atoms with van der Waals surface area (Å²) in [7, 11) is 2.97. The molecule has 0 unspecified atom stereocenters. The number of hydrogen-bond donors (Lipinski definition) is 0. The van der Waals surface area contributed by atoms with Crippen LogP contribution in [0, 0.1) is 0 Å². The van der Waals surface area contributed by atoms with Crippen molar-refractivity contribution in [2.24, 2.45) is 0 Å². The lowest BCUT2D eigenvalue weighted by molar-refractivity contribution is -0.137. The van der Waals surface area contributed by atoms with Crippen LogP contribution in [0.4, 0.5) is 18.9 Å². The molecule has 9 heteroatoms. The van der Waals surface area contributed by atoms with Crippen molar-refractivity contribution in [2.75, 3.05) is 51.8 Å². The molecular weight excluding hydrogens is 465 g/mol. The van der Waals surface area contributed by atoms with Crippen molar-refractivity contribution in [3.63, 3.8) is 0 Å². The minimum atomic E-state index is -4.42. The van der Waals surface area contributed by atoms with Crippen LogP contribution in [0.1, 0.15) is 27.2 Å². The lowest BCUT2D eigenvalue weighted by Crippen LogP contribution is -2.46. The zero-order valence-electron chi connectivity index (χ0n) is 19.2. The summed E-state index contributed by atoms with van der Waals surface area (Å²) in [6.07, 6.45) is -3.02. The number of thiophene rings is 1. The number of carbonyl (C=O) groups excluding carboxylic acids is 1. The third kappa shape index (κ3) is 5.15. The van der Waals surface area contributed by atoms with Crippen molar-refractivity contribution in [1.29, 1.82) is 0 Å². The summed E-state index contributed by atoms with van der Waals surface area (Å²) >= 11 is 1.07. The molecule has 1 fully saturated rings. The Morgan fingerprint density at radius 1 is 1.06 bits per heavy atom. The van der Waals surface area contributed by atoms with Crippen molar-refractivity contribution < 1.29 is 27.4 Å². The van der Waals surface area contributed by atoms with Gasteiger partial charge in [0.25, 0.3) is 0 Å². The van der Waals surface area contributed by atoms with Gasteiger partial charge in [-0.05, 0) is 54.6 Å². The van der Waals surface area contributed by atoms with Crippen LogP contribution in [0.5, 0.6) is 5.75 Å². The van der Waals surface area contributed by atoms with Gasteiger partial charge in [0.05, 0.1) is 25.5 Å². The van der Waals surface area contributed by atoms with Gasteiger partial charge in [-0.25, -0.2) is 4.79 Å². The van der Waals surface area contributed by atoms with Crippen LogP contribution in [-0.4, -0.2) is 57.8 Å². The van der Waals surface area contributed by atoms with E-state index in [0.29, 0.717) is 21.4 Å². The van der Waals surface area contributed by atoms with Gasteiger partial charge in [-0.1, -0.05) is 18.2 Å². The number of anilines is 1. The van der Waals surface area contributed by atoms with Crippen LogP contribution >= 0.6 is 11.3 Å². The van der Waals surface area contributed by atoms with Crippen LogP contribution in [0.25, 0.3) is 10.1 Å². The number of nitrogens with zero attached hydrogens (tertiary/aromatic N) is 2. The number of fused-ring (bicyclic) bond motifs is 1. The first-order valence-electron chi connectivity index (χ1n) is 11.1. The van der Waals surface area contributed by atoms with E-state index >= 15 is 0 Å². The molecule has 0 aliphatic carbocycles. The molecule has 0 saturated carbocycles. The van der Waals surface area contributed by atoms with Gasteiger partial charge in [0, 0.05) is 30.9 Å². The van der Waals surface area contributed by atoms with Gasteiger partial charge in [0.2, 0.25) is 0 Å². The Balaban J connectivity index is 1.41. The van der Waals surface area contributed by atoms with Crippen LogP contribution < -0.4 is 9.64 Å². The molecule has 182 valence electrons. The Labute approximate surface area is 200 Å². The number of alkyl halides is 3. The molecule has 1 aromatic heterocycles. The van der Waals surface area contributed by atoms with E-state index < -0.39 is 17.7 Å². The first-order chi connectivity index (χ1) is 16.3. The molecule has 0 atom stereocenters. The van der Waals surface area contributed by atoms with E-state index in [1.807, 2.05) is 18.2 Å². The number of rotatable bonds is 7. The molecule has 2 aromatic carbocycles. The number of hydrogen-bond acceptors (Lipinski definition) is 6. The van der Waals surface area contributed by atoms with Gasteiger partial charge in [-0.15, -0.1) is 11.3 Å². The lowest BCUT2D eigenvalue weighted by Gasteiger charge is -2.36. The van der Waals surface area contributed by atoms with Crippen molar-refractivity contribution >= 4 is 33.1 Å². The standard InChI is InChI=1S/C25H27F3N2O3S/c1-32-21-8-4-3-7-20(21)30-14-12-29(13-15-30)11-5-6-19-18-10-9-17(25(26,27)28)16-22(18)34-23(19)24(31)33-2/h3-4,7-10,16H,5-6,11-15H2,1-2H3. The molecule has 5 nitrogen and oxygen atoms in total. The molecule has 4 rings (SSSR count). The Morgan fingerprint density at radius 3 is 2.47 bits per heavy atom. The second-order valence-corrected chi connectivity index (χ2v) is 9.27. The average molecular weight is 493 g/mol. The zero-order chi connectivity index (χ0) is 24.3. The molecule has 3 aromatic rings. The lowest BCUT2D eigenvalue weighted by atomic mass is 10.0. The summed E-state index contributed by atoms with van der Waals surface area (Å²) in [6, 6.07) is 11.7. The van der Waals surface area contributed by atoms with Crippen LogP contribution in [0.15, 0.2) is 42.5 Å². The van der Waals surface area contributed by atoms with Crippen molar-refractivity contribution in [2.45, 2.75) is 19.0 Å². The fourth-order valence-electron chi connectivity index (χ4n) is 4.41. The van der Waals surface area contributed by atoms with Crippen LogP contribution in [-0.2, 0) is 17.3 Å². The minimum absolute atomic E-state index is 0.387. The third-order valence-electron chi connectivity index (χ3n) is 6.19. The molecule has 1 aliphatic rings. The second-order valence-electron chi connectivity index (χ2n) is 8.21. The maximum Gasteiger partial charge on any atom is 0.416 e. The minimum Gasteiger partial charge on any atom is -0.495 e. The Bertz CT molecular complexity index is 1150. The van der Waals surface area contributed by atoms with Gasteiger partial charge in [-0.3, -0.25) is 4.90 Å². The number of para-hydroxylation sites is 2. The highest BCUT2D eigenvalue weighted by Gasteiger charge is 2.31. The van der Waals surface area contributed by atoms with Crippen molar-refractivity contribution in [1.82, 2.24) is 4.90 Å². The number of piperazine rings is 1. The van der Waals surface area contributed by atoms with E-state index in [9.17, 15) is 18.0 Å². The maximum absolute atomic E-state index is 13.1. The molecule has 0 N–H and O–H groups in total. The molecular formula is C25H27F3N2O3S. The van der Waals surface area contributed by atoms with E-state index in [4.69, 9.17) is 9.47 Å². The Kier molecular flexibility index (Phi) is 7.33. The molecule has 0 amide bonds. The smallest absolute Gasteiger partial charge is 0.416 e. The summed E-state index contributed by atoms with van der Waals surface area (Å²) in [5.41, 5.74) is 1.15. The normalized spacial score (nSPS) is 15.0. The highest BCUT2D eigenvalue weighted by atomic mass is 32.1. The van der Waals surface area contributed by atoms with E-state index in [-0.39, 0.29) is 0 Å². The SMILES string of the molecule is COC(=O)c1sc2cc(C(F)(F)F)ccc2c1CCCN1CCN(c2ccccc2OC)CC1. The molecule has 0 bridgehead atoms. The Morgan fingerprint density at radius 2 is 1.79 bits per heavy atom. The molecule has 0 spiro atoms. The van der Waals surface area contributed by atoms with Gasteiger partial charge >= 0.3 is 12.1 Å². The summed E-state index contributed by atoms with van der Waals surface area (Å²) < 4.78 is 50.2. The molecule has 1 aliphatic heterocycles. The molecule has 2 heterocycles. The van der Waals surface area contributed by atoms with Crippen molar-refractivity contribution in [3.05, 3.63) is 58.5 Å². The third-order valence-corrected chi connectivity index (χ3v) is 7.37. The molecule has 0 radical (unpaired) electrons. The zero-order valence-corrected chi connectivity index (χ0v) is 20.0. The fraction of sp³-hybridized carbons (Fsp3) is 0.400. The first kappa shape index (κ1) is 24.3. The largest absolute Gasteiger partial charge is 0.495 e. The topological polar surface area (TPSA) is 42.0 Å². The van der Waals surface area contributed by atoms with Gasteiger partial charge in [0.1, 0.15) is 10.6 Å². The number of aryl methyl sites for hydroxylation is 1. The molecule has 34 heavy (non-hydrogen) atoms. The van der Waals surface area contributed by atoms with E-state index in [2.05, 4.69) is 15.9 Å². The summed E-state index contributed by atoms with van der Waals surface area (Å²) in [5, 5.41) is 0.694. The number of benzene rings is 2. The number of methoxy groups -OCH3 is 2. The highest BCUT2D eigenvalue weighted by molar-refractivity contribution is 7.21. The first-order valence-corrected chi connectivity index (χ1v) is 11.9. The number of ether oxygens (including phenoxy) is 2. The predicted molar refractivity (Wildman–Crippen MR) is 128 cm³/mol. The Hall–Kier alpha value is -2.78. The van der Waals surface area contributed by atoms with Crippen LogP contribution in [0.2, 0.25) is 0 Å². The summed E-state index contributed by atoms with van der Waals surface area (Å²) in [5.74, 6) is 0.361. The van der Waals surface area contributed by atoms with Gasteiger partial charge in [0.15, 0.2) is 0 Å². The van der Waals surface area contributed by atoms with E-state index in [1.54, 1.807) is 7.11 Å². The van der Waals surface area contributed by atoms with E-state index in [0.717, 1.165) is 79.6 Å². The maximum atomic E-state index is 13.1. The average Bonchev–Trinajstić information content (AvgIpc) is 3.21. The van der Waals surface area contributed by atoms with Crippen LogP contribution in [0.3, 0.4) is 0 Å². The number of carbonyl (C=O) groups is 1. The molecule has 1 saturated heterocycles. The highest BCUT2D eigenvalue weighted by Crippen LogP contribution is 2.38.